The van der Waals surface area contributed by atoms with E-state index in [0.717, 1.165) is 0 Å². The number of carbonyl (C=O) groups excluding carboxylic acids is 2. The molecule has 0 spiro atoms. The van der Waals surface area contributed by atoms with Crippen LogP contribution < -0.4 is 16.2 Å². The first kappa shape index (κ1) is 17.4. The Hall–Kier alpha value is -2.97. The maximum atomic E-state index is 12.0. The second-order valence-electron chi connectivity index (χ2n) is 5.85. The van der Waals surface area contributed by atoms with Crippen LogP contribution in [0.2, 0.25) is 0 Å². The fourth-order valence-corrected chi connectivity index (χ4v) is 1.96. The highest BCUT2D eigenvalue weighted by Gasteiger charge is 2.18. The zero-order valence-electron chi connectivity index (χ0n) is 14.0. The number of nitrogens with one attached hydrogen (secondary N) is 3. The molecule has 0 bridgehead atoms. The predicted octanol–water partition coefficient (Wildman–Crippen LogP) is 0.283. The summed E-state index contributed by atoms with van der Waals surface area (Å²) in [6.45, 7) is 7.65. The van der Waals surface area contributed by atoms with Gasteiger partial charge in [0.2, 0.25) is 5.95 Å². The predicted molar refractivity (Wildman–Crippen MR) is 87.9 cm³/mol. The smallest absolute Gasteiger partial charge is 0.314 e. The van der Waals surface area contributed by atoms with Crippen LogP contribution in [0.5, 0.6) is 0 Å². The Morgan fingerprint density at radius 3 is 2.54 bits per heavy atom. The van der Waals surface area contributed by atoms with Gasteiger partial charge in [-0.15, -0.1) is 0 Å². The lowest BCUT2D eigenvalue weighted by Crippen LogP contribution is -2.37. The molecule has 9 nitrogen and oxygen atoms in total. The van der Waals surface area contributed by atoms with Crippen molar-refractivity contribution in [2.75, 3.05) is 11.9 Å². The number of aryl methyl sites for hydroxylation is 2. The molecular weight excluding hydrogens is 312 g/mol. The maximum absolute atomic E-state index is 12.0. The van der Waals surface area contributed by atoms with Crippen LogP contribution >= 0.6 is 0 Å². The van der Waals surface area contributed by atoms with Gasteiger partial charge in [0.15, 0.2) is 0 Å². The second kappa shape index (κ2) is 7.07. The van der Waals surface area contributed by atoms with Gasteiger partial charge in [0.05, 0.1) is 5.69 Å². The van der Waals surface area contributed by atoms with Crippen LogP contribution in [0.25, 0.3) is 5.95 Å². The first-order chi connectivity index (χ1) is 11.3. The van der Waals surface area contributed by atoms with E-state index in [1.54, 1.807) is 19.9 Å². The van der Waals surface area contributed by atoms with E-state index >= 15 is 0 Å². The lowest BCUT2D eigenvalue weighted by molar-refractivity contribution is -0.136. The summed E-state index contributed by atoms with van der Waals surface area (Å²) < 4.78 is 1.28. The topological polar surface area (TPSA) is 122 Å². The Morgan fingerprint density at radius 1 is 1.21 bits per heavy atom. The average Bonchev–Trinajstić information content (AvgIpc) is 2.84. The molecule has 0 aliphatic carbocycles. The van der Waals surface area contributed by atoms with Crippen molar-refractivity contribution >= 4 is 17.6 Å². The SMILES string of the molecule is Cc1cc(=O)[nH]c(-n2nc(C)cc2NC(=O)C(=O)NCC(C)C)n1. The van der Waals surface area contributed by atoms with E-state index in [-0.39, 0.29) is 23.2 Å². The molecule has 0 aliphatic rings. The Balaban J connectivity index is 2.24. The molecule has 0 atom stereocenters. The molecule has 0 saturated heterocycles. The molecule has 0 aromatic carbocycles. The van der Waals surface area contributed by atoms with E-state index in [1.165, 1.54) is 10.7 Å². The summed E-state index contributed by atoms with van der Waals surface area (Å²) in [5, 5.41) is 9.20. The first-order valence-electron chi connectivity index (χ1n) is 7.50. The number of nitrogens with zero attached hydrogens (tertiary/aromatic N) is 3. The number of carbonyl (C=O) groups is 2. The summed E-state index contributed by atoms with van der Waals surface area (Å²) >= 11 is 0. The molecule has 0 unspecified atom stereocenters. The van der Waals surface area contributed by atoms with E-state index in [4.69, 9.17) is 0 Å². The highest BCUT2D eigenvalue weighted by molar-refractivity contribution is 6.39. The van der Waals surface area contributed by atoms with Crippen molar-refractivity contribution in [3.05, 3.63) is 33.9 Å². The molecule has 0 fully saturated rings. The minimum absolute atomic E-state index is 0.158. The van der Waals surface area contributed by atoms with Crippen molar-refractivity contribution in [3.63, 3.8) is 0 Å². The quantitative estimate of drug-likeness (QED) is 0.694. The molecule has 0 radical (unpaired) electrons. The number of rotatable bonds is 4. The van der Waals surface area contributed by atoms with E-state index in [2.05, 4.69) is 25.7 Å². The maximum Gasteiger partial charge on any atom is 0.314 e. The van der Waals surface area contributed by atoms with Gasteiger partial charge in [-0.05, 0) is 19.8 Å². The van der Waals surface area contributed by atoms with Gasteiger partial charge in [-0.2, -0.15) is 9.78 Å². The number of hydrogen-bond acceptors (Lipinski definition) is 5. The summed E-state index contributed by atoms with van der Waals surface area (Å²) in [4.78, 5) is 42.1. The van der Waals surface area contributed by atoms with Crippen molar-refractivity contribution in [2.24, 2.45) is 5.92 Å². The van der Waals surface area contributed by atoms with E-state index in [9.17, 15) is 14.4 Å². The van der Waals surface area contributed by atoms with Crippen molar-refractivity contribution in [3.8, 4) is 5.95 Å². The number of anilines is 1. The Morgan fingerprint density at radius 2 is 1.92 bits per heavy atom. The van der Waals surface area contributed by atoms with Crippen molar-refractivity contribution in [1.29, 1.82) is 0 Å². The van der Waals surface area contributed by atoms with Crippen molar-refractivity contribution < 1.29 is 9.59 Å². The minimum atomic E-state index is -0.813. The van der Waals surface area contributed by atoms with Crippen LogP contribution in [0.1, 0.15) is 25.2 Å². The third kappa shape index (κ3) is 4.28. The highest BCUT2D eigenvalue weighted by atomic mass is 16.2. The second-order valence-corrected chi connectivity index (χ2v) is 5.85. The van der Waals surface area contributed by atoms with Gasteiger partial charge in [0, 0.05) is 24.4 Å². The number of amides is 2. The molecule has 3 N–H and O–H groups in total. The van der Waals surface area contributed by atoms with Gasteiger partial charge >= 0.3 is 11.8 Å². The van der Waals surface area contributed by atoms with E-state index < -0.39 is 11.8 Å². The van der Waals surface area contributed by atoms with Gasteiger partial charge in [0.1, 0.15) is 5.82 Å². The monoisotopic (exact) mass is 332 g/mol. The molecule has 24 heavy (non-hydrogen) atoms. The third-order valence-corrected chi connectivity index (χ3v) is 3.01. The average molecular weight is 332 g/mol. The zero-order chi connectivity index (χ0) is 17.9. The fraction of sp³-hybridized carbons (Fsp3) is 0.400. The fourth-order valence-electron chi connectivity index (χ4n) is 1.96. The molecular formula is C15H20N6O3. The van der Waals surface area contributed by atoms with Gasteiger partial charge in [0.25, 0.3) is 5.56 Å². The summed E-state index contributed by atoms with van der Waals surface area (Å²) in [5.41, 5.74) is 0.767. The van der Waals surface area contributed by atoms with E-state index in [0.29, 0.717) is 17.9 Å². The standard InChI is InChI=1S/C15H20N6O3/c1-8(2)7-16-13(23)14(24)18-11-5-10(4)20-21(11)15-17-9(3)6-12(22)19-15/h5-6,8H,7H2,1-4H3,(H,16,23)(H,18,24)(H,17,19,22). The summed E-state index contributed by atoms with van der Waals surface area (Å²) in [5.74, 6) is -0.917. The van der Waals surface area contributed by atoms with Crippen LogP contribution in [0, 0.1) is 19.8 Å². The molecule has 0 aliphatic heterocycles. The van der Waals surface area contributed by atoms with Crippen molar-refractivity contribution in [2.45, 2.75) is 27.7 Å². The zero-order valence-corrected chi connectivity index (χ0v) is 14.0. The number of aromatic amines is 1. The summed E-state index contributed by atoms with van der Waals surface area (Å²) in [7, 11) is 0. The molecule has 2 amide bonds. The van der Waals surface area contributed by atoms with Crippen LogP contribution in [0.4, 0.5) is 5.82 Å². The van der Waals surface area contributed by atoms with Crippen LogP contribution in [0.3, 0.4) is 0 Å². The van der Waals surface area contributed by atoms with Crippen LogP contribution in [0.15, 0.2) is 16.9 Å². The normalized spacial score (nSPS) is 10.7. The Labute approximate surface area is 138 Å². The van der Waals surface area contributed by atoms with Gasteiger partial charge < -0.3 is 10.6 Å². The van der Waals surface area contributed by atoms with Gasteiger partial charge in [-0.1, -0.05) is 13.8 Å². The Kier molecular flexibility index (Phi) is 5.12. The number of H-pyrrole nitrogens is 1. The third-order valence-electron chi connectivity index (χ3n) is 3.01. The molecule has 2 heterocycles. The lowest BCUT2D eigenvalue weighted by atomic mass is 10.2. The summed E-state index contributed by atoms with van der Waals surface area (Å²) in [6, 6.07) is 2.92. The molecule has 9 heteroatoms. The lowest BCUT2D eigenvalue weighted by Gasteiger charge is -2.09. The molecule has 2 rings (SSSR count). The number of hydrogen-bond donors (Lipinski definition) is 3. The first-order valence-corrected chi connectivity index (χ1v) is 7.50. The molecule has 2 aromatic heterocycles. The van der Waals surface area contributed by atoms with Crippen LogP contribution in [-0.4, -0.2) is 38.1 Å². The molecule has 0 saturated carbocycles. The Bertz CT molecular complexity index is 821. The van der Waals surface area contributed by atoms with E-state index in [1.807, 2.05) is 13.8 Å². The molecule has 128 valence electrons. The number of aromatic nitrogens is 4. The van der Waals surface area contributed by atoms with Gasteiger partial charge in [-0.25, -0.2) is 4.98 Å². The summed E-state index contributed by atoms with van der Waals surface area (Å²) in [6.07, 6.45) is 0. The van der Waals surface area contributed by atoms with Gasteiger partial charge in [-0.3, -0.25) is 19.4 Å². The van der Waals surface area contributed by atoms with Crippen molar-refractivity contribution in [1.82, 2.24) is 25.1 Å². The minimum Gasteiger partial charge on any atom is -0.348 e. The molecule has 2 aromatic rings. The van der Waals surface area contributed by atoms with Crippen LogP contribution in [-0.2, 0) is 9.59 Å². The largest absolute Gasteiger partial charge is 0.348 e. The highest BCUT2D eigenvalue weighted by Crippen LogP contribution is 2.13.